The van der Waals surface area contributed by atoms with Crippen molar-refractivity contribution in [1.29, 1.82) is 0 Å². The molecular formula is C6H9N3O. The van der Waals surface area contributed by atoms with Crippen LogP contribution in [0.2, 0.25) is 0 Å². The van der Waals surface area contributed by atoms with Crippen LogP contribution in [0.4, 0.5) is 0 Å². The summed E-state index contributed by atoms with van der Waals surface area (Å²) >= 11 is 0. The zero-order chi connectivity index (χ0) is 7.56. The second kappa shape index (κ2) is 2.51. The van der Waals surface area contributed by atoms with E-state index in [-0.39, 0.29) is 5.91 Å². The Morgan fingerprint density at radius 2 is 2.30 bits per heavy atom. The Morgan fingerprint density at radius 1 is 1.60 bits per heavy atom. The molecule has 1 aliphatic heterocycles. The van der Waals surface area contributed by atoms with Crippen LogP contribution in [-0.2, 0) is 4.79 Å². The number of carbonyl (C=O) groups excluding carboxylic acids is 1. The highest BCUT2D eigenvalue weighted by atomic mass is 16.2. The molecule has 0 spiro atoms. The maximum Gasteiger partial charge on any atom is 0.273 e. The summed E-state index contributed by atoms with van der Waals surface area (Å²) < 4.78 is 0. The van der Waals surface area contributed by atoms with Crippen molar-refractivity contribution in [1.82, 2.24) is 10.6 Å². The van der Waals surface area contributed by atoms with Gasteiger partial charge in [-0.1, -0.05) is 6.58 Å². The Morgan fingerprint density at radius 3 is 2.70 bits per heavy atom. The summed E-state index contributed by atoms with van der Waals surface area (Å²) in [6.45, 7) is 6.00. The lowest BCUT2D eigenvalue weighted by molar-refractivity contribution is -0.115. The molecule has 1 aliphatic rings. The van der Waals surface area contributed by atoms with Crippen LogP contribution in [0.1, 0.15) is 6.92 Å². The molecule has 0 aromatic rings. The van der Waals surface area contributed by atoms with Crippen molar-refractivity contribution >= 4 is 11.9 Å². The predicted octanol–water partition coefficient (Wildman–Crippen LogP) is -0.405. The van der Waals surface area contributed by atoms with E-state index in [0.29, 0.717) is 18.2 Å². The Bertz CT molecular complexity index is 189. The lowest BCUT2D eigenvalue weighted by atomic mass is 10.5. The summed E-state index contributed by atoms with van der Waals surface area (Å²) in [4.78, 5) is 14.6. The van der Waals surface area contributed by atoms with E-state index in [0.717, 1.165) is 0 Å². The number of aliphatic imine (C=N–C) groups is 1. The predicted molar refractivity (Wildman–Crippen MR) is 38.4 cm³/mol. The van der Waals surface area contributed by atoms with E-state index in [2.05, 4.69) is 22.2 Å². The third kappa shape index (κ3) is 1.15. The van der Waals surface area contributed by atoms with E-state index in [4.69, 9.17) is 0 Å². The lowest BCUT2D eigenvalue weighted by Crippen LogP contribution is -2.25. The van der Waals surface area contributed by atoms with Gasteiger partial charge in [-0.05, 0) is 6.92 Å². The molecule has 0 unspecified atom stereocenters. The van der Waals surface area contributed by atoms with Gasteiger partial charge in [0.15, 0.2) is 0 Å². The highest BCUT2D eigenvalue weighted by molar-refractivity contribution is 6.13. The topological polar surface area (TPSA) is 53.5 Å². The SMILES string of the molecule is C=C1NC(=NCC)NC1=O. The summed E-state index contributed by atoms with van der Waals surface area (Å²) in [5.74, 6) is 0.296. The molecular weight excluding hydrogens is 130 g/mol. The molecule has 0 atom stereocenters. The van der Waals surface area contributed by atoms with Gasteiger partial charge >= 0.3 is 0 Å². The fraction of sp³-hybridized carbons (Fsp3) is 0.333. The third-order valence-electron chi connectivity index (χ3n) is 1.09. The molecule has 0 aliphatic carbocycles. The van der Waals surface area contributed by atoms with Gasteiger partial charge in [0.2, 0.25) is 5.96 Å². The summed E-state index contributed by atoms with van der Waals surface area (Å²) in [6.07, 6.45) is 0. The van der Waals surface area contributed by atoms with E-state index < -0.39 is 0 Å². The van der Waals surface area contributed by atoms with E-state index >= 15 is 0 Å². The first-order valence-corrected chi connectivity index (χ1v) is 3.05. The van der Waals surface area contributed by atoms with E-state index in [9.17, 15) is 4.79 Å². The number of nitrogens with one attached hydrogen (secondary N) is 2. The molecule has 1 saturated heterocycles. The minimum Gasteiger partial charge on any atom is -0.322 e. The molecule has 1 rings (SSSR count). The Balaban J connectivity index is 2.66. The van der Waals surface area contributed by atoms with Gasteiger partial charge in [0, 0.05) is 6.54 Å². The third-order valence-corrected chi connectivity index (χ3v) is 1.09. The van der Waals surface area contributed by atoms with Crippen molar-refractivity contribution in [2.24, 2.45) is 4.99 Å². The Labute approximate surface area is 59.0 Å². The first kappa shape index (κ1) is 6.80. The van der Waals surface area contributed by atoms with Crippen LogP contribution in [-0.4, -0.2) is 18.4 Å². The van der Waals surface area contributed by atoms with Gasteiger partial charge in [0.05, 0.1) is 5.70 Å². The minimum atomic E-state index is -0.202. The van der Waals surface area contributed by atoms with Crippen molar-refractivity contribution in [2.75, 3.05) is 6.54 Å². The second-order valence-electron chi connectivity index (χ2n) is 1.88. The van der Waals surface area contributed by atoms with Crippen LogP contribution in [0.3, 0.4) is 0 Å². The largest absolute Gasteiger partial charge is 0.322 e. The van der Waals surface area contributed by atoms with E-state index in [1.807, 2.05) is 6.92 Å². The summed E-state index contributed by atoms with van der Waals surface area (Å²) in [5, 5.41) is 5.20. The van der Waals surface area contributed by atoms with Crippen molar-refractivity contribution in [3.05, 3.63) is 12.3 Å². The van der Waals surface area contributed by atoms with Crippen LogP contribution in [0.25, 0.3) is 0 Å². The van der Waals surface area contributed by atoms with Crippen LogP contribution in [0, 0.1) is 0 Å². The number of hydrogen-bond donors (Lipinski definition) is 2. The smallest absolute Gasteiger partial charge is 0.273 e. The number of guanidine groups is 1. The zero-order valence-corrected chi connectivity index (χ0v) is 5.77. The number of hydrogen-bond acceptors (Lipinski definition) is 2. The van der Waals surface area contributed by atoms with E-state index in [1.54, 1.807) is 0 Å². The lowest BCUT2D eigenvalue weighted by Gasteiger charge is -1.92. The summed E-state index contributed by atoms with van der Waals surface area (Å²) in [6, 6.07) is 0. The van der Waals surface area contributed by atoms with Gasteiger partial charge in [0.25, 0.3) is 5.91 Å². The maximum absolute atomic E-state index is 10.7. The van der Waals surface area contributed by atoms with Gasteiger partial charge in [-0.2, -0.15) is 0 Å². The van der Waals surface area contributed by atoms with E-state index in [1.165, 1.54) is 0 Å². The molecule has 1 fully saturated rings. The molecule has 2 N–H and O–H groups in total. The molecule has 1 amide bonds. The van der Waals surface area contributed by atoms with Crippen molar-refractivity contribution < 1.29 is 4.79 Å². The van der Waals surface area contributed by atoms with Gasteiger partial charge in [-0.3, -0.25) is 15.1 Å². The highest BCUT2D eigenvalue weighted by Gasteiger charge is 2.18. The van der Waals surface area contributed by atoms with Crippen LogP contribution < -0.4 is 10.6 Å². The van der Waals surface area contributed by atoms with Crippen molar-refractivity contribution in [3.8, 4) is 0 Å². The quantitative estimate of drug-likeness (QED) is 0.485. The second-order valence-corrected chi connectivity index (χ2v) is 1.88. The molecule has 4 nitrogen and oxygen atoms in total. The van der Waals surface area contributed by atoms with Gasteiger partial charge in [-0.25, -0.2) is 0 Å². The normalized spacial score (nSPS) is 21.1. The average molecular weight is 139 g/mol. The Kier molecular flexibility index (Phi) is 1.71. The molecule has 0 aromatic heterocycles. The Hall–Kier alpha value is -1.32. The number of amides is 1. The van der Waals surface area contributed by atoms with Gasteiger partial charge in [-0.15, -0.1) is 0 Å². The first-order valence-electron chi connectivity index (χ1n) is 3.05. The standard InChI is InChI=1S/C6H9N3O/c1-3-7-6-8-4(2)5(10)9-6/h2-3H2,1H3,(H2,7,8,9,10). The van der Waals surface area contributed by atoms with Crippen molar-refractivity contribution in [3.63, 3.8) is 0 Å². The van der Waals surface area contributed by atoms with Crippen LogP contribution >= 0.6 is 0 Å². The fourth-order valence-corrected chi connectivity index (χ4v) is 0.651. The molecule has 1 heterocycles. The molecule has 0 saturated carbocycles. The summed E-state index contributed by atoms with van der Waals surface area (Å²) in [7, 11) is 0. The van der Waals surface area contributed by atoms with Crippen LogP contribution in [0.5, 0.6) is 0 Å². The molecule has 4 heteroatoms. The van der Waals surface area contributed by atoms with Gasteiger partial charge in [0.1, 0.15) is 0 Å². The highest BCUT2D eigenvalue weighted by Crippen LogP contribution is 1.92. The van der Waals surface area contributed by atoms with Crippen molar-refractivity contribution in [2.45, 2.75) is 6.92 Å². The fourth-order valence-electron chi connectivity index (χ4n) is 0.651. The molecule has 10 heavy (non-hydrogen) atoms. The monoisotopic (exact) mass is 139 g/mol. The molecule has 0 aromatic carbocycles. The molecule has 0 radical (unpaired) electrons. The number of rotatable bonds is 1. The van der Waals surface area contributed by atoms with Gasteiger partial charge < -0.3 is 5.32 Å². The first-order chi connectivity index (χ1) is 4.74. The summed E-state index contributed by atoms with van der Waals surface area (Å²) in [5.41, 5.74) is 0.354. The maximum atomic E-state index is 10.7. The zero-order valence-electron chi connectivity index (χ0n) is 5.77. The molecule has 0 bridgehead atoms. The minimum absolute atomic E-state index is 0.202. The average Bonchev–Trinajstić information content (AvgIpc) is 2.14. The number of nitrogens with zero attached hydrogens (tertiary/aromatic N) is 1. The number of carbonyl (C=O) groups is 1. The van der Waals surface area contributed by atoms with Crippen LogP contribution in [0.15, 0.2) is 17.3 Å². The molecule has 54 valence electrons.